The summed E-state index contributed by atoms with van der Waals surface area (Å²) in [6.45, 7) is 0.513. The van der Waals surface area contributed by atoms with Crippen molar-refractivity contribution in [3.63, 3.8) is 0 Å². The predicted octanol–water partition coefficient (Wildman–Crippen LogP) is 2.29. The first-order valence-corrected chi connectivity index (χ1v) is 6.72. The Kier molecular flexibility index (Phi) is 4.76. The number of rotatable bonds is 5. The summed E-state index contributed by atoms with van der Waals surface area (Å²) in [7, 11) is 0. The van der Waals surface area contributed by atoms with Crippen LogP contribution in [0.15, 0.2) is 30.3 Å². The molecular weight excluding hydrogens is 226 g/mol. The standard InChI is InChI=1S/C15H21NO2/c16-14-9-8-13(11-14)15(17)18-10-4-7-12-5-2-1-3-6-12/h1-3,5-6,13-14H,4,7-11,16H2/t13-,14+/m1/s1. The number of carbonyl (C=O) groups excluding carboxylic acids is 1. The van der Waals surface area contributed by atoms with Gasteiger partial charge in [-0.05, 0) is 37.7 Å². The second-order valence-electron chi connectivity index (χ2n) is 5.03. The molecule has 2 N–H and O–H groups in total. The molecule has 0 unspecified atom stereocenters. The molecule has 0 aliphatic heterocycles. The number of aryl methyl sites for hydroxylation is 1. The third kappa shape index (κ3) is 3.84. The van der Waals surface area contributed by atoms with Gasteiger partial charge in [-0.1, -0.05) is 30.3 Å². The van der Waals surface area contributed by atoms with Crippen molar-refractivity contribution in [1.29, 1.82) is 0 Å². The van der Waals surface area contributed by atoms with E-state index in [0.717, 1.165) is 32.1 Å². The molecule has 1 aliphatic carbocycles. The van der Waals surface area contributed by atoms with E-state index in [1.54, 1.807) is 0 Å². The highest BCUT2D eigenvalue weighted by Crippen LogP contribution is 2.25. The van der Waals surface area contributed by atoms with Crippen LogP contribution in [0.25, 0.3) is 0 Å². The molecule has 98 valence electrons. The number of nitrogens with two attached hydrogens (primary N) is 1. The largest absolute Gasteiger partial charge is 0.465 e. The SMILES string of the molecule is N[C@H]1CC[C@@H](C(=O)OCCCc2ccccc2)C1. The van der Waals surface area contributed by atoms with Gasteiger partial charge in [0.15, 0.2) is 0 Å². The molecule has 3 nitrogen and oxygen atoms in total. The van der Waals surface area contributed by atoms with Gasteiger partial charge in [-0.2, -0.15) is 0 Å². The molecule has 2 rings (SSSR count). The molecule has 0 heterocycles. The highest BCUT2D eigenvalue weighted by atomic mass is 16.5. The van der Waals surface area contributed by atoms with Gasteiger partial charge < -0.3 is 10.5 Å². The van der Waals surface area contributed by atoms with Crippen molar-refractivity contribution in [2.75, 3.05) is 6.61 Å². The average Bonchev–Trinajstić information content (AvgIpc) is 2.82. The van der Waals surface area contributed by atoms with Crippen molar-refractivity contribution in [2.45, 2.75) is 38.1 Å². The van der Waals surface area contributed by atoms with Crippen LogP contribution in [-0.4, -0.2) is 18.6 Å². The van der Waals surface area contributed by atoms with E-state index in [-0.39, 0.29) is 17.9 Å². The molecule has 1 aliphatic rings. The number of hydrogen-bond acceptors (Lipinski definition) is 3. The third-order valence-corrected chi connectivity index (χ3v) is 3.50. The summed E-state index contributed by atoms with van der Waals surface area (Å²) in [6.07, 6.45) is 4.47. The van der Waals surface area contributed by atoms with E-state index < -0.39 is 0 Å². The lowest BCUT2D eigenvalue weighted by Crippen LogP contribution is -2.20. The van der Waals surface area contributed by atoms with Crippen LogP contribution in [0.5, 0.6) is 0 Å². The Hall–Kier alpha value is -1.35. The lowest BCUT2D eigenvalue weighted by molar-refractivity contribution is -0.148. The van der Waals surface area contributed by atoms with Gasteiger partial charge in [-0.3, -0.25) is 4.79 Å². The van der Waals surface area contributed by atoms with Crippen LogP contribution in [-0.2, 0) is 16.0 Å². The molecular formula is C15H21NO2. The normalized spacial score (nSPS) is 22.9. The maximum absolute atomic E-state index is 11.7. The van der Waals surface area contributed by atoms with Crippen LogP contribution < -0.4 is 5.73 Å². The predicted molar refractivity (Wildman–Crippen MR) is 71.0 cm³/mol. The van der Waals surface area contributed by atoms with E-state index in [2.05, 4.69) is 12.1 Å². The van der Waals surface area contributed by atoms with E-state index in [1.165, 1.54) is 5.56 Å². The maximum atomic E-state index is 11.7. The molecule has 0 saturated heterocycles. The zero-order chi connectivity index (χ0) is 12.8. The molecule has 3 heteroatoms. The molecule has 0 spiro atoms. The third-order valence-electron chi connectivity index (χ3n) is 3.50. The Labute approximate surface area is 108 Å². The van der Waals surface area contributed by atoms with E-state index >= 15 is 0 Å². The van der Waals surface area contributed by atoms with Gasteiger partial charge in [-0.15, -0.1) is 0 Å². The molecule has 1 saturated carbocycles. The summed E-state index contributed by atoms with van der Waals surface area (Å²) in [5, 5.41) is 0. The molecule has 0 amide bonds. The fraction of sp³-hybridized carbons (Fsp3) is 0.533. The Bertz CT molecular complexity index is 377. The quantitative estimate of drug-likeness (QED) is 0.641. The molecule has 1 aromatic rings. The second-order valence-corrected chi connectivity index (χ2v) is 5.03. The van der Waals surface area contributed by atoms with Gasteiger partial charge in [0.05, 0.1) is 12.5 Å². The molecule has 1 aromatic carbocycles. The van der Waals surface area contributed by atoms with Crippen LogP contribution >= 0.6 is 0 Å². The second kappa shape index (κ2) is 6.55. The van der Waals surface area contributed by atoms with Crippen LogP contribution in [0.2, 0.25) is 0 Å². The minimum atomic E-state index is -0.0592. The van der Waals surface area contributed by atoms with Crippen molar-refractivity contribution in [1.82, 2.24) is 0 Å². The number of benzene rings is 1. The number of ether oxygens (including phenoxy) is 1. The molecule has 0 aromatic heterocycles. The fourth-order valence-electron chi connectivity index (χ4n) is 2.44. The van der Waals surface area contributed by atoms with Crippen molar-refractivity contribution in [3.8, 4) is 0 Å². The van der Waals surface area contributed by atoms with Gasteiger partial charge in [0, 0.05) is 6.04 Å². The van der Waals surface area contributed by atoms with Gasteiger partial charge in [-0.25, -0.2) is 0 Å². The van der Waals surface area contributed by atoms with E-state index in [1.807, 2.05) is 18.2 Å². The van der Waals surface area contributed by atoms with E-state index in [0.29, 0.717) is 6.61 Å². The van der Waals surface area contributed by atoms with Crippen LogP contribution in [0.4, 0.5) is 0 Å². The van der Waals surface area contributed by atoms with Crippen LogP contribution in [0.1, 0.15) is 31.2 Å². The van der Waals surface area contributed by atoms with Gasteiger partial charge in [0.1, 0.15) is 0 Å². The van der Waals surface area contributed by atoms with E-state index in [9.17, 15) is 4.79 Å². The summed E-state index contributed by atoms with van der Waals surface area (Å²) in [6, 6.07) is 10.4. The molecule has 1 fully saturated rings. The zero-order valence-electron chi connectivity index (χ0n) is 10.7. The lowest BCUT2D eigenvalue weighted by Gasteiger charge is -2.09. The summed E-state index contributed by atoms with van der Waals surface area (Å²) >= 11 is 0. The first kappa shape index (κ1) is 13.1. The minimum Gasteiger partial charge on any atom is -0.465 e. The van der Waals surface area contributed by atoms with Crippen molar-refractivity contribution in [3.05, 3.63) is 35.9 Å². The zero-order valence-corrected chi connectivity index (χ0v) is 10.7. The van der Waals surface area contributed by atoms with E-state index in [4.69, 9.17) is 10.5 Å². The highest BCUT2D eigenvalue weighted by molar-refractivity contribution is 5.72. The number of esters is 1. The Balaban J connectivity index is 1.62. The molecule has 0 bridgehead atoms. The van der Waals surface area contributed by atoms with Crippen LogP contribution in [0.3, 0.4) is 0 Å². The molecule has 18 heavy (non-hydrogen) atoms. The lowest BCUT2D eigenvalue weighted by atomic mass is 10.1. The van der Waals surface area contributed by atoms with Crippen molar-refractivity contribution in [2.24, 2.45) is 11.7 Å². The fourth-order valence-corrected chi connectivity index (χ4v) is 2.44. The minimum absolute atomic E-state index is 0.0386. The Morgan fingerprint density at radius 3 is 2.72 bits per heavy atom. The summed E-state index contributed by atoms with van der Waals surface area (Å²) < 4.78 is 5.30. The summed E-state index contributed by atoms with van der Waals surface area (Å²) in [5.74, 6) is -0.0206. The number of carbonyl (C=O) groups is 1. The van der Waals surface area contributed by atoms with Gasteiger partial charge in [0.25, 0.3) is 0 Å². The highest BCUT2D eigenvalue weighted by Gasteiger charge is 2.28. The average molecular weight is 247 g/mol. The molecule has 2 atom stereocenters. The van der Waals surface area contributed by atoms with Gasteiger partial charge >= 0.3 is 5.97 Å². The monoisotopic (exact) mass is 247 g/mol. The van der Waals surface area contributed by atoms with Crippen molar-refractivity contribution < 1.29 is 9.53 Å². The topological polar surface area (TPSA) is 52.3 Å². The first-order valence-electron chi connectivity index (χ1n) is 6.72. The Morgan fingerprint density at radius 2 is 2.06 bits per heavy atom. The van der Waals surface area contributed by atoms with Gasteiger partial charge in [0.2, 0.25) is 0 Å². The summed E-state index contributed by atoms with van der Waals surface area (Å²) in [4.78, 5) is 11.7. The number of hydrogen-bond donors (Lipinski definition) is 1. The molecule has 0 radical (unpaired) electrons. The summed E-state index contributed by atoms with van der Waals surface area (Å²) in [5.41, 5.74) is 7.07. The van der Waals surface area contributed by atoms with Crippen molar-refractivity contribution >= 4 is 5.97 Å². The Morgan fingerprint density at radius 1 is 1.28 bits per heavy atom. The maximum Gasteiger partial charge on any atom is 0.308 e. The smallest absolute Gasteiger partial charge is 0.308 e. The first-order chi connectivity index (χ1) is 8.75. The van der Waals surface area contributed by atoms with Crippen LogP contribution in [0, 0.1) is 5.92 Å².